The Morgan fingerprint density at radius 1 is 1.12 bits per heavy atom. The fourth-order valence-electron chi connectivity index (χ4n) is 4.82. The van der Waals surface area contributed by atoms with Gasteiger partial charge in [0.25, 0.3) is 0 Å². The Labute approximate surface area is 231 Å². The Hall–Kier alpha value is -4.63. The van der Waals surface area contributed by atoms with Gasteiger partial charge in [0.15, 0.2) is 11.5 Å². The van der Waals surface area contributed by atoms with Crippen molar-refractivity contribution in [3.8, 4) is 16.9 Å². The number of hydrogen-bond donors (Lipinski definition) is 1. The lowest BCUT2D eigenvalue weighted by atomic mass is 10.1. The molecule has 1 aliphatic rings. The van der Waals surface area contributed by atoms with Gasteiger partial charge >= 0.3 is 5.69 Å². The van der Waals surface area contributed by atoms with Crippen LogP contribution in [0.2, 0.25) is 0 Å². The highest BCUT2D eigenvalue weighted by molar-refractivity contribution is 7.89. The van der Waals surface area contributed by atoms with Crippen molar-refractivity contribution in [1.29, 1.82) is 0 Å². The molecule has 0 saturated carbocycles. The maximum Gasteiger partial charge on any atom is 0.355 e. The number of primary sulfonamides is 1. The summed E-state index contributed by atoms with van der Waals surface area (Å²) in [6, 6.07) is 4.49. The van der Waals surface area contributed by atoms with E-state index >= 15 is 4.39 Å². The molecule has 212 valence electrons. The van der Waals surface area contributed by atoms with Crippen LogP contribution < -0.4 is 15.7 Å². The minimum atomic E-state index is -4.41. The molecule has 41 heavy (non-hydrogen) atoms. The zero-order valence-electron chi connectivity index (χ0n) is 21.5. The molecule has 11 nitrogen and oxygen atoms in total. The molecule has 1 fully saturated rings. The van der Waals surface area contributed by atoms with Crippen molar-refractivity contribution >= 4 is 32.8 Å². The van der Waals surface area contributed by atoms with Crippen molar-refractivity contribution in [3.63, 3.8) is 0 Å². The molecule has 4 heterocycles. The summed E-state index contributed by atoms with van der Waals surface area (Å²) < 4.78 is 70.5. The Kier molecular flexibility index (Phi) is 7.08. The number of amides is 1. The second-order valence-corrected chi connectivity index (χ2v) is 10.8. The Balaban J connectivity index is 1.83. The average Bonchev–Trinajstić information content (AvgIpc) is 2.92. The van der Waals surface area contributed by atoms with E-state index in [0.717, 1.165) is 47.3 Å². The van der Waals surface area contributed by atoms with Crippen LogP contribution in [0.4, 0.5) is 19.0 Å². The van der Waals surface area contributed by atoms with Crippen LogP contribution in [-0.4, -0.2) is 64.4 Å². The minimum absolute atomic E-state index is 0.0209. The van der Waals surface area contributed by atoms with Crippen molar-refractivity contribution in [2.45, 2.75) is 17.9 Å². The lowest BCUT2D eigenvalue weighted by molar-refractivity contribution is -0.126. The molecule has 4 aromatic rings. The van der Waals surface area contributed by atoms with Gasteiger partial charge in [0.05, 0.1) is 22.8 Å². The van der Waals surface area contributed by atoms with E-state index in [2.05, 4.69) is 21.5 Å². The Bertz CT molecular complexity index is 1880. The first-order chi connectivity index (χ1) is 19.4. The lowest BCUT2D eigenvalue weighted by Gasteiger charge is -2.40. The molecular formula is C26H22F3N7O4S. The highest BCUT2D eigenvalue weighted by Crippen LogP contribution is 2.33. The number of piperazine rings is 1. The zero-order chi connectivity index (χ0) is 29.6. The topological polar surface area (TPSA) is 144 Å². The normalized spacial score (nSPS) is 15.8. The van der Waals surface area contributed by atoms with Crippen molar-refractivity contribution in [2.24, 2.45) is 5.14 Å². The molecule has 1 aromatic carbocycles. The third kappa shape index (κ3) is 4.93. The third-order valence-electron chi connectivity index (χ3n) is 6.70. The summed E-state index contributed by atoms with van der Waals surface area (Å²) in [5.41, 5.74) is -3.28. The van der Waals surface area contributed by atoms with Gasteiger partial charge in [0.1, 0.15) is 28.0 Å². The van der Waals surface area contributed by atoms with Crippen molar-refractivity contribution in [3.05, 3.63) is 83.3 Å². The van der Waals surface area contributed by atoms with E-state index in [9.17, 15) is 26.8 Å². The fraction of sp³-hybridized carbons (Fsp3) is 0.192. The van der Waals surface area contributed by atoms with Gasteiger partial charge in [-0.15, -0.1) is 0 Å². The fourth-order valence-corrected chi connectivity index (χ4v) is 5.51. The van der Waals surface area contributed by atoms with Gasteiger partial charge in [-0.3, -0.25) is 9.78 Å². The van der Waals surface area contributed by atoms with Gasteiger partial charge in [-0.25, -0.2) is 41.1 Å². The molecular weight excluding hydrogens is 563 g/mol. The van der Waals surface area contributed by atoms with Crippen molar-refractivity contribution in [2.75, 3.05) is 24.5 Å². The van der Waals surface area contributed by atoms with Gasteiger partial charge in [0.2, 0.25) is 15.9 Å². The summed E-state index contributed by atoms with van der Waals surface area (Å²) in [6.07, 6.45) is 3.34. The van der Waals surface area contributed by atoms with E-state index in [1.807, 2.05) is 0 Å². The smallest absolute Gasteiger partial charge is 0.350 e. The van der Waals surface area contributed by atoms with E-state index in [1.165, 1.54) is 6.08 Å². The molecule has 0 radical (unpaired) electrons. The van der Waals surface area contributed by atoms with Crippen LogP contribution in [0, 0.1) is 17.5 Å². The second kappa shape index (κ2) is 10.4. The number of halogens is 3. The first-order valence-corrected chi connectivity index (χ1v) is 13.7. The third-order valence-corrected chi connectivity index (χ3v) is 7.65. The molecule has 1 atom stereocenters. The predicted molar refractivity (Wildman–Crippen MR) is 143 cm³/mol. The number of anilines is 1. The summed E-state index contributed by atoms with van der Waals surface area (Å²) in [5.74, 6) is -3.65. The van der Waals surface area contributed by atoms with E-state index in [0.29, 0.717) is 0 Å². The number of nitrogens with two attached hydrogens (primary N) is 1. The molecule has 0 unspecified atom stereocenters. The van der Waals surface area contributed by atoms with Crippen LogP contribution in [0.15, 0.2) is 65.1 Å². The molecule has 5 rings (SSSR count). The van der Waals surface area contributed by atoms with Crippen LogP contribution >= 0.6 is 0 Å². The highest BCUT2D eigenvalue weighted by Gasteiger charge is 2.31. The van der Waals surface area contributed by atoms with Gasteiger partial charge in [-0.05, 0) is 37.3 Å². The molecule has 0 aliphatic carbocycles. The number of hydrogen-bond acceptors (Lipinski definition) is 8. The van der Waals surface area contributed by atoms with E-state index < -0.39 is 55.4 Å². The molecule has 1 amide bonds. The first-order valence-electron chi connectivity index (χ1n) is 12.1. The largest absolute Gasteiger partial charge is 0.355 e. The number of benzene rings is 1. The zero-order valence-corrected chi connectivity index (χ0v) is 22.3. The molecule has 1 aliphatic heterocycles. The van der Waals surface area contributed by atoms with Crippen LogP contribution in [0.3, 0.4) is 0 Å². The maximum atomic E-state index is 15.6. The number of carbonyl (C=O) groups is 1. The lowest BCUT2D eigenvalue weighted by Crippen LogP contribution is -2.54. The molecule has 15 heteroatoms. The van der Waals surface area contributed by atoms with E-state index in [-0.39, 0.29) is 48.1 Å². The minimum Gasteiger partial charge on any atom is -0.350 e. The number of aromatic nitrogens is 4. The number of fused-ring (bicyclic) bond motifs is 1. The Morgan fingerprint density at radius 3 is 2.46 bits per heavy atom. The number of carbonyl (C=O) groups excluding carboxylic acids is 1. The Morgan fingerprint density at radius 2 is 1.83 bits per heavy atom. The summed E-state index contributed by atoms with van der Waals surface area (Å²) in [6.45, 7) is 5.89. The molecule has 1 saturated heterocycles. The van der Waals surface area contributed by atoms with E-state index in [4.69, 9.17) is 5.14 Å². The van der Waals surface area contributed by atoms with Crippen molar-refractivity contribution < 1.29 is 26.4 Å². The number of sulfonamides is 1. The predicted octanol–water partition coefficient (Wildman–Crippen LogP) is 2.13. The second-order valence-electron chi connectivity index (χ2n) is 9.26. The summed E-state index contributed by atoms with van der Waals surface area (Å²) in [5, 5.41) is 5.30. The standard InChI is InChI=1S/C26H22F3N7O4S/c1-3-21(37)34-9-10-35(14(2)13-34)24-15-11-18(29)23(22-16(27)5-4-6-17(22)28)32-25(15)36(26(38)33-24)19-12-31-8-7-20(19)41(30,39)40/h3-8,11-12,14H,1,9-10,13H2,2H3,(H2,30,39,40)/t14-/m0/s1. The van der Waals surface area contributed by atoms with Crippen LogP contribution in [-0.2, 0) is 14.8 Å². The van der Waals surface area contributed by atoms with Gasteiger partial charge in [-0.2, -0.15) is 4.98 Å². The van der Waals surface area contributed by atoms with Crippen LogP contribution in [0.25, 0.3) is 28.0 Å². The van der Waals surface area contributed by atoms with E-state index in [1.54, 1.807) is 16.7 Å². The number of nitrogens with zero attached hydrogens (tertiary/aromatic N) is 6. The van der Waals surface area contributed by atoms with Gasteiger partial charge < -0.3 is 9.80 Å². The molecule has 0 spiro atoms. The highest BCUT2D eigenvalue weighted by atomic mass is 32.2. The van der Waals surface area contributed by atoms with Crippen molar-refractivity contribution in [1.82, 2.24) is 24.4 Å². The SMILES string of the molecule is C=CC(=O)N1CCN(c2nc(=O)n(-c3cnccc3S(N)(=O)=O)c3nc(-c4c(F)cccc4F)c(F)cc23)[C@@H](C)C1. The van der Waals surface area contributed by atoms with Gasteiger partial charge in [-0.1, -0.05) is 12.6 Å². The molecule has 0 bridgehead atoms. The van der Waals surface area contributed by atoms with Gasteiger partial charge in [0, 0.05) is 31.9 Å². The quantitative estimate of drug-likeness (QED) is 0.351. The molecule has 2 N–H and O–H groups in total. The summed E-state index contributed by atoms with van der Waals surface area (Å²) >= 11 is 0. The van der Waals surface area contributed by atoms with Crippen LogP contribution in [0.1, 0.15) is 6.92 Å². The first kappa shape index (κ1) is 27.9. The number of pyridine rings is 2. The molecule has 3 aromatic heterocycles. The summed E-state index contributed by atoms with van der Waals surface area (Å²) in [7, 11) is -4.41. The number of rotatable bonds is 5. The maximum absolute atomic E-state index is 15.6. The average molecular weight is 586 g/mol. The van der Waals surface area contributed by atoms with Crippen LogP contribution in [0.5, 0.6) is 0 Å². The summed E-state index contributed by atoms with van der Waals surface area (Å²) in [4.78, 5) is 40.6. The monoisotopic (exact) mass is 585 g/mol.